The molecule has 6 rings (SSSR count). The number of anilines is 1. The number of ether oxygens (including phenoxy) is 2. The molecule has 32 heavy (non-hydrogen) atoms. The van der Waals surface area contributed by atoms with E-state index in [1.165, 1.54) is 12.1 Å². The van der Waals surface area contributed by atoms with Crippen molar-refractivity contribution in [1.82, 2.24) is 14.5 Å². The number of rotatable bonds is 1. The summed E-state index contributed by atoms with van der Waals surface area (Å²) in [4.78, 5) is 8.65. The monoisotopic (exact) mass is 460 g/mol. The Morgan fingerprint density at radius 2 is 1.88 bits per heavy atom. The van der Waals surface area contributed by atoms with Gasteiger partial charge >= 0.3 is 0 Å². The van der Waals surface area contributed by atoms with E-state index in [4.69, 9.17) is 19.8 Å². The fourth-order valence-electron chi connectivity index (χ4n) is 4.91. The topological polar surface area (TPSA) is 133 Å². The normalized spacial score (nSPS) is 27.5. The van der Waals surface area contributed by atoms with Crippen molar-refractivity contribution in [3.05, 3.63) is 42.5 Å². The third-order valence-electron chi connectivity index (χ3n) is 6.28. The molecule has 2 aromatic heterocycles. The van der Waals surface area contributed by atoms with Gasteiger partial charge in [0.15, 0.2) is 17.6 Å². The molecule has 4 atom stereocenters. The molecule has 3 N–H and O–H groups in total. The van der Waals surface area contributed by atoms with Gasteiger partial charge in [-0.25, -0.2) is 14.1 Å². The minimum Gasteiger partial charge on any atom is -0.368 e. The number of nitrogen functional groups attached to an aromatic ring is 1. The number of imidazole rings is 1. The van der Waals surface area contributed by atoms with Crippen molar-refractivity contribution in [3.8, 4) is 0 Å². The van der Waals surface area contributed by atoms with E-state index in [1.807, 2.05) is 33.4 Å². The van der Waals surface area contributed by atoms with Gasteiger partial charge in [-0.15, -0.1) is 0 Å². The van der Waals surface area contributed by atoms with Crippen LogP contribution in [0.5, 0.6) is 0 Å². The average molecular weight is 461 g/mol. The van der Waals surface area contributed by atoms with Gasteiger partial charge in [-0.05, 0) is 39.3 Å². The van der Waals surface area contributed by atoms with Crippen LogP contribution in [0.15, 0.2) is 41.8 Å². The molecule has 0 spiro atoms. The number of nitrogens with two attached hydrogens (primary N) is 1. The van der Waals surface area contributed by atoms with Gasteiger partial charge in [0, 0.05) is 5.92 Å². The summed E-state index contributed by atoms with van der Waals surface area (Å²) in [5.74, 6) is 0.406. The number of fused-ring (bicyclic) bond motifs is 6. The Kier molecular flexibility index (Phi) is 4.79. The molecule has 1 saturated carbocycles. The van der Waals surface area contributed by atoms with E-state index in [0.717, 1.165) is 29.7 Å². The summed E-state index contributed by atoms with van der Waals surface area (Å²) in [6.07, 6.45) is 4.94. The Balaban J connectivity index is 0.000000168. The maximum absolute atomic E-state index is 10.5. The second-order valence-corrected chi connectivity index (χ2v) is 10.4. The molecule has 4 unspecified atom stereocenters. The fourth-order valence-corrected chi connectivity index (χ4v) is 5.39. The van der Waals surface area contributed by atoms with Gasteiger partial charge in [0.25, 0.3) is 15.8 Å². The predicted octanol–water partition coefficient (Wildman–Crippen LogP) is 1.64. The Hall–Kier alpha value is -2.60. The molecule has 1 aliphatic carbocycles. The first kappa shape index (κ1) is 21.3. The molecule has 2 fully saturated rings. The maximum Gasteiger partial charge on any atom is 0.294 e. The van der Waals surface area contributed by atoms with Gasteiger partial charge in [-0.1, -0.05) is 22.7 Å². The van der Waals surface area contributed by atoms with Crippen LogP contribution in [0.1, 0.15) is 31.9 Å². The van der Waals surface area contributed by atoms with E-state index >= 15 is 0 Å². The lowest BCUT2D eigenvalue weighted by atomic mass is 10.1. The van der Waals surface area contributed by atoms with Crippen molar-refractivity contribution in [1.29, 1.82) is 0 Å². The summed E-state index contributed by atoms with van der Waals surface area (Å²) in [5.41, 5.74) is 8.74. The second-order valence-electron chi connectivity index (χ2n) is 9.02. The van der Waals surface area contributed by atoms with Crippen LogP contribution in [0.25, 0.3) is 11.2 Å². The van der Waals surface area contributed by atoms with Crippen LogP contribution in [0.3, 0.4) is 0 Å². The molecule has 2 bridgehead atoms. The lowest BCUT2D eigenvalue weighted by Crippen LogP contribution is -2.44. The number of aromatic nitrogens is 4. The molecule has 3 aromatic rings. The third-order valence-corrected chi connectivity index (χ3v) is 7.15. The van der Waals surface area contributed by atoms with E-state index in [2.05, 4.69) is 19.1 Å². The van der Waals surface area contributed by atoms with Gasteiger partial charge in [0.1, 0.15) is 12.1 Å². The Bertz CT molecular complexity index is 1290. The lowest BCUT2D eigenvalue weighted by molar-refractivity contribution is -0.683. The molecule has 1 aromatic carbocycles. The minimum atomic E-state index is -4.02. The average Bonchev–Trinajstić information content (AvgIpc) is 3.33. The first-order chi connectivity index (χ1) is 15.0. The standard InChI is InChI=1S/C14H17N5O2.C7H8O3S/c1-14(2)20-10-7-3-8(11(10)21-14)19-6-16-9-12(15)17-5-18(4-7)13(9)19;1-6-2-4-7(5-3-6)11(8,9)10/h5-8,10-11,15H,3-4H2,1-2H3;2-5H,1H3,(H,8,9,10)/p+1. The minimum absolute atomic E-state index is 0.0666. The molecule has 2 aliphatic heterocycles. The summed E-state index contributed by atoms with van der Waals surface area (Å²) in [5, 5.41) is 0. The highest BCUT2D eigenvalue weighted by atomic mass is 32.2. The highest BCUT2D eigenvalue weighted by molar-refractivity contribution is 7.85. The molecule has 0 amide bonds. The molecule has 4 heterocycles. The van der Waals surface area contributed by atoms with Crippen molar-refractivity contribution in [2.75, 3.05) is 5.73 Å². The highest BCUT2D eigenvalue weighted by Crippen LogP contribution is 2.48. The maximum atomic E-state index is 10.5. The number of nitrogens with zero attached hydrogens (tertiary/aromatic N) is 4. The molecule has 1 saturated heterocycles. The quantitative estimate of drug-likeness (QED) is 0.414. The van der Waals surface area contributed by atoms with Crippen LogP contribution in [0, 0.1) is 12.8 Å². The number of hydrogen-bond acceptors (Lipinski definition) is 7. The fraction of sp³-hybridized carbons (Fsp3) is 0.476. The van der Waals surface area contributed by atoms with Crippen molar-refractivity contribution in [2.24, 2.45) is 5.92 Å². The van der Waals surface area contributed by atoms with Gasteiger partial charge in [0.05, 0.1) is 17.5 Å². The van der Waals surface area contributed by atoms with Crippen LogP contribution in [0.4, 0.5) is 5.82 Å². The largest absolute Gasteiger partial charge is 0.368 e. The van der Waals surface area contributed by atoms with Crippen molar-refractivity contribution in [3.63, 3.8) is 0 Å². The van der Waals surface area contributed by atoms with E-state index < -0.39 is 15.9 Å². The number of hydrogen-bond donors (Lipinski definition) is 2. The van der Waals surface area contributed by atoms with E-state index in [1.54, 1.807) is 12.1 Å². The summed E-state index contributed by atoms with van der Waals surface area (Å²) >= 11 is 0. The van der Waals surface area contributed by atoms with Crippen LogP contribution in [-0.2, 0) is 26.1 Å². The van der Waals surface area contributed by atoms with E-state index in [9.17, 15) is 8.42 Å². The van der Waals surface area contributed by atoms with Crippen LogP contribution in [0.2, 0.25) is 0 Å². The van der Waals surface area contributed by atoms with Crippen LogP contribution >= 0.6 is 0 Å². The summed E-state index contributed by atoms with van der Waals surface area (Å²) < 4.78 is 46.2. The second kappa shape index (κ2) is 7.20. The van der Waals surface area contributed by atoms with Crippen molar-refractivity contribution < 1.29 is 27.0 Å². The van der Waals surface area contributed by atoms with Gasteiger partial charge in [-0.3, -0.25) is 4.55 Å². The Labute approximate surface area is 185 Å². The zero-order valence-electron chi connectivity index (χ0n) is 18.0. The highest BCUT2D eigenvalue weighted by Gasteiger charge is 2.57. The zero-order chi connectivity index (χ0) is 22.8. The molecule has 3 aliphatic rings. The Morgan fingerprint density at radius 1 is 1.19 bits per heavy atom. The SMILES string of the molecule is CC1(C)OC2C3CC(C2O1)n1cnc2c(N)nc[n+](c21)C3.Cc1ccc(S(=O)(=O)O)cc1. The van der Waals surface area contributed by atoms with Gasteiger partial charge in [-0.2, -0.15) is 8.42 Å². The number of aryl methyl sites for hydroxylation is 1. The summed E-state index contributed by atoms with van der Waals surface area (Å²) in [6.45, 7) is 6.68. The molecule has 170 valence electrons. The van der Waals surface area contributed by atoms with Crippen molar-refractivity contribution in [2.45, 2.75) is 62.7 Å². The van der Waals surface area contributed by atoms with Crippen LogP contribution in [-0.4, -0.2) is 45.5 Å². The van der Waals surface area contributed by atoms with Crippen molar-refractivity contribution >= 4 is 27.1 Å². The smallest absolute Gasteiger partial charge is 0.294 e. The summed E-state index contributed by atoms with van der Waals surface area (Å²) in [7, 11) is -4.02. The lowest BCUT2D eigenvalue weighted by Gasteiger charge is -2.21. The Morgan fingerprint density at radius 3 is 2.56 bits per heavy atom. The molecular weight excluding hydrogens is 434 g/mol. The first-order valence-electron chi connectivity index (χ1n) is 10.4. The zero-order valence-corrected chi connectivity index (χ0v) is 18.9. The van der Waals surface area contributed by atoms with E-state index in [-0.39, 0.29) is 23.1 Å². The molecular formula is C21H26N5O5S+. The first-order valence-corrected chi connectivity index (χ1v) is 11.9. The van der Waals surface area contributed by atoms with Gasteiger partial charge < -0.3 is 15.2 Å². The number of benzene rings is 1. The third kappa shape index (κ3) is 3.54. The summed E-state index contributed by atoms with van der Waals surface area (Å²) in [6, 6.07) is 6.24. The van der Waals surface area contributed by atoms with Crippen LogP contribution < -0.4 is 10.3 Å². The van der Waals surface area contributed by atoms with Gasteiger partial charge in [0.2, 0.25) is 12.1 Å². The molecule has 0 radical (unpaired) electrons. The predicted molar refractivity (Wildman–Crippen MR) is 114 cm³/mol. The molecule has 10 nitrogen and oxygen atoms in total. The molecule has 11 heteroatoms. The van der Waals surface area contributed by atoms with E-state index in [0.29, 0.717) is 11.7 Å².